The van der Waals surface area contributed by atoms with E-state index >= 15 is 0 Å². The van der Waals surface area contributed by atoms with Crippen LogP contribution < -0.4 is 20.3 Å². The van der Waals surface area contributed by atoms with Crippen molar-refractivity contribution in [2.24, 2.45) is 11.8 Å². The molecule has 1 aromatic carbocycles. The SMILES string of the molecule is COc1cc(F)c(-c2cnc3ccc(C(=O)Nc4cnccc4N4C[C@H](C5CC5)[C@@H](O[Si](C)(C)C(C)(C)C)[C@H](NC(=O)OC(C)(C)C)C4)nc3c2)c(F)c1. The highest BCUT2D eigenvalue weighted by Gasteiger charge is 2.50. The molecule has 1 saturated heterocycles. The molecule has 54 heavy (non-hydrogen) atoms. The summed E-state index contributed by atoms with van der Waals surface area (Å²) in [5, 5.41) is 6.12. The molecule has 11 nitrogen and oxygen atoms in total. The Hall–Kier alpha value is -4.69. The molecule has 2 amide bonds. The summed E-state index contributed by atoms with van der Waals surface area (Å²) in [4.78, 5) is 42.4. The van der Waals surface area contributed by atoms with Crippen LogP contribution in [0.4, 0.5) is 25.0 Å². The predicted octanol–water partition coefficient (Wildman–Crippen LogP) is 8.36. The summed E-state index contributed by atoms with van der Waals surface area (Å²) >= 11 is 0. The maximum atomic E-state index is 14.9. The summed E-state index contributed by atoms with van der Waals surface area (Å²) in [6.07, 6.45) is 6.05. The normalized spacial score (nSPS) is 19.4. The average Bonchev–Trinajstić information content (AvgIpc) is 3.93. The molecule has 2 fully saturated rings. The van der Waals surface area contributed by atoms with Gasteiger partial charge in [-0.05, 0) is 81.9 Å². The third-order valence-electron chi connectivity index (χ3n) is 10.5. The van der Waals surface area contributed by atoms with Crippen LogP contribution >= 0.6 is 0 Å². The van der Waals surface area contributed by atoms with Gasteiger partial charge in [0.2, 0.25) is 0 Å². The lowest BCUT2D eigenvalue weighted by molar-refractivity contribution is 0.0277. The number of pyridine rings is 3. The van der Waals surface area contributed by atoms with E-state index in [2.05, 4.69) is 64.4 Å². The number of anilines is 2. The highest BCUT2D eigenvalue weighted by atomic mass is 28.4. The highest BCUT2D eigenvalue weighted by Crippen LogP contribution is 2.47. The molecule has 4 aromatic rings. The minimum absolute atomic E-state index is 0.0340. The highest BCUT2D eigenvalue weighted by molar-refractivity contribution is 6.74. The first-order chi connectivity index (χ1) is 25.3. The summed E-state index contributed by atoms with van der Waals surface area (Å²) < 4.78 is 47.7. The first kappa shape index (κ1) is 39.0. The van der Waals surface area contributed by atoms with Crippen LogP contribution in [-0.2, 0) is 9.16 Å². The molecule has 3 atom stereocenters. The van der Waals surface area contributed by atoms with Gasteiger partial charge in [0.05, 0.1) is 53.4 Å². The first-order valence-corrected chi connectivity index (χ1v) is 21.2. The fraction of sp³-hybridized carbons (Fsp3) is 0.475. The molecule has 0 spiro atoms. The first-order valence-electron chi connectivity index (χ1n) is 18.3. The van der Waals surface area contributed by atoms with Crippen LogP contribution in [0.5, 0.6) is 5.75 Å². The lowest BCUT2D eigenvalue weighted by Gasteiger charge is -2.49. The Kier molecular flexibility index (Phi) is 10.7. The van der Waals surface area contributed by atoms with Crippen molar-refractivity contribution in [1.82, 2.24) is 20.3 Å². The quantitative estimate of drug-likeness (QED) is 0.162. The van der Waals surface area contributed by atoms with Crippen molar-refractivity contribution in [3.8, 4) is 16.9 Å². The molecule has 1 aliphatic carbocycles. The van der Waals surface area contributed by atoms with E-state index in [-0.39, 0.29) is 45.1 Å². The van der Waals surface area contributed by atoms with Crippen LogP contribution in [0.15, 0.2) is 55.0 Å². The number of fused-ring (bicyclic) bond motifs is 1. The Labute approximate surface area is 316 Å². The number of amides is 2. The second-order valence-electron chi connectivity index (χ2n) is 16.8. The number of methoxy groups -OCH3 is 1. The molecule has 1 aliphatic heterocycles. The molecule has 14 heteroatoms. The number of aromatic nitrogens is 3. The zero-order valence-electron chi connectivity index (χ0n) is 32.4. The number of carbonyl (C=O) groups excluding carboxylic acids is 2. The monoisotopic (exact) mass is 760 g/mol. The van der Waals surface area contributed by atoms with Crippen molar-refractivity contribution >= 4 is 42.7 Å². The van der Waals surface area contributed by atoms with Crippen LogP contribution in [0, 0.1) is 23.5 Å². The van der Waals surface area contributed by atoms with Crippen LogP contribution in [0.25, 0.3) is 22.2 Å². The van der Waals surface area contributed by atoms with Gasteiger partial charge in [-0.1, -0.05) is 20.8 Å². The number of carbonyl (C=O) groups is 2. The fourth-order valence-corrected chi connectivity index (χ4v) is 8.02. The topological polar surface area (TPSA) is 128 Å². The minimum Gasteiger partial charge on any atom is -0.497 e. The van der Waals surface area contributed by atoms with E-state index in [1.54, 1.807) is 24.5 Å². The Morgan fingerprint density at radius 3 is 2.28 bits per heavy atom. The Bertz CT molecular complexity index is 2020. The van der Waals surface area contributed by atoms with Gasteiger partial charge >= 0.3 is 6.09 Å². The summed E-state index contributed by atoms with van der Waals surface area (Å²) in [7, 11) is -0.918. The summed E-state index contributed by atoms with van der Waals surface area (Å²) in [6, 6.07) is 8.31. The van der Waals surface area contributed by atoms with E-state index in [1.165, 1.54) is 19.4 Å². The maximum Gasteiger partial charge on any atom is 0.408 e. The van der Waals surface area contributed by atoms with Crippen molar-refractivity contribution in [2.45, 2.75) is 90.3 Å². The zero-order valence-corrected chi connectivity index (χ0v) is 33.4. The minimum atomic E-state index is -2.25. The molecule has 4 heterocycles. The molecule has 2 N–H and O–H groups in total. The number of hydrogen-bond acceptors (Lipinski definition) is 9. The molecule has 288 valence electrons. The van der Waals surface area contributed by atoms with E-state index in [0.29, 0.717) is 30.2 Å². The second kappa shape index (κ2) is 14.9. The van der Waals surface area contributed by atoms with Gasteiger partial charge in [-0.2, -0.15) is 0 Å². The van der Waals surface area contributed by atoms with Crippen LogP contribution in [0.3, 0.4) is 0 Å². The molecule has 0 unspecified atom stereocenters. The molecule has 1 saturated carbocycles. The number of rotatable bonds is 9. The number of alkyl carbamates (subject to hydrolysis) is 1. The van der Waals surface area contributed by atoms with E-state index in [1.807, 2.05) is 26.8 Å². The molecule has 0 bridgehead atoms. The largest absolute Gasteiger partial charge is 0.497 e. The summed E-state index contributed by atoms with van der Waals surface area (Å²) in [5.41, 5.74) is 1.23. The number of hydrogen-bond donors (Lipinski definition) is 2. The predicted molar refractivity (Wildman–Crippen MR) is 207 cm³/mol. The Balaban J connectivity index is 1.29. The second-order valence-corrected chi connectivity index (χ2v) is 21.5. The number of piperidine rings is 1. The maximum absolute atomic E-state index is 14.9. The van der Waals surface area contributed by atoms with Gasteiger partial charge in [-0.15, -0.1) is 0 Å². The van der Waals surface area contributed by atoms with Gasteiger partial charge < -0.3 is 29.4 Å². The van der Waals surface area contributed by atoms with Crippen molar-refractivity contribution in [2.75, 3.05) is 30.4 Å². The lowest BCUT2D eigenvalue weighted by atomic mass is 9.86. The number of ether oxygens (including phenoxy) is 2. The van der Waals surface area contributed by atoms with E-state index < -0.39 is 43.6 Å². The van der Waals surface area contributed by atoms with Gasteiger partial charge in [0.15, 0.2) is 8.32 Å². The third-order valence-corrected chi connectivity index (χ3v) is 15.0. The van der Waals surface area contributed by atoms with Crippen molar-refractivity contribution in [3.63, 3.8) is 0 Å². The van der Waals surface area contributed by atoms with E-state index in [0.717, 1.165) is 30.7 Å². The molecule has 2 aliphatic rings. The van der Waals surface area contributed by atoms with Crippen molar-refractivity contribution in [1.29, 1.82) is 0 Å². The molecular weight excluding hydrogens is 711 g/mol. The van der Waals surface area contributed by atoms with Gasteiger partial charge in [-0.3, -0.25) is 14.8 Å². The number of nitrogens with one attached hydrogen (secondary N) is 2. The van der Waals surface area contributed by atoms with Gasteiger partial charge in [0.25, 0.3) is 5.91 Å². The fourth-order valence-electron chi connectivity index (χ4n) is 6.64. The Morgan fingerprint density at radius 2 is 1.65 bits per heavy atom. The van der Waals surface area contributed by atoms with Crippen molar-refractivity contribution in [3.05, 3.63) is 72.3 Å². The standard InChI is InChI=1S/C40H50F2N6O5Si/c1-39(2,3)52-38(50)47-33-22-48(21-26(23-10-11-23)36(33)53-54(8,9)40(4,5)6)34-14-15-43-20-32(34)46-37(49)30-13-12-29-31(45-30)16-24(19-44-29)35-27(41)17-25(51-7)18-28(35)42/h12-20,23,26,33,36H,10-11,21-22H2,1-9H3,(H,46,49)(H,47,50)/t26-,33-,36-/m1/s1. The molecule has 3 aromatic heterocycles. The summed E-state index contributed by atoms with van der Waals surface area (Å²) in [6.45, 7) is 17.7. The van der Waals surface area contributed by atoms with Crippen molar-refractivity contribution < 1.29 is 32.3 Å². The number of halogens is 2. The third kappa shape index (κ3) is 8.65. The van der Waals surface area contributed by atoms with Gasteiger partial charge in [0.1, 0.15) is 28.7 Å². The summed E-state index contributed by atoms with van der Waals surface area (Å²) in [5.74, 6) is -1.52. The van der Waals surface area contributed by atoms with E-state index in [4.69, 9.17) is 13.9 Å². The van der Waals surface area contributed by atoms with Crippen LogP contribution in [-0.4, -0.2) is 73.2 Å². The van der Waals surface area contributed by atoms with Gasteiger partial charge in [0, 0.05) is 49.1 Å². The van der Waals surface area contributed by atoms with E-state index in [9.17, 15) is 18.4 Å². The lowest BCUT2D eigenvalue weighted by Crippen LogP contribution is -2.63. The smallest absolute Gasteiger partial charge is 0.408 e. The number of nitrogens with zero attached hydrogens (tertiary/aromatic N) is 4. The van der Waals surface area contributed by atoms with Crippen LogP contribution in [0.1, 0.15) is 64.9 Å². The van der Waals surface area contributed by atoms with Gasteiger partial charge in [-0.25, -0.2) is 18.6 Å². The Morgan fingerprint density at radius 1 is 0.944 bits per heavy atom. The number of benzene rings is 1. The molecule has 0 radical (unpaired) electrons. The average molecular weight is 761 g/mol. The molecule has 6 rings (SSSR count). The zero-order chi connectivity index (χ0) is 39.2. The molecular formula is C40H50F2N6O5Si. The van der Waals surface area contributed by atoms with Crippen LogP contribution in [0.2, 0.25) is 18.1 Å².